The molecule has 0 bridgehead atoms. The number of aliphatic imine (C=N–C) groups is 1. The van der Waals surface area contributed by atoms with Crippen LogP contribution in [0.2, 0.25) is 0 Å². The lowest BCUT2D eigenvalue weighted by molar-refractivity contribution is -0.137. The van der Waals surface area contributed by atoms with Gasteiger partial charge in [-0.25, -0.2) is 4.98 Å². The third-order valence-electron chi connectivity index (χ3n) is 3.51. The first kappa shape index (κ1) is 22.7. The lowest BCUT2D eigenvalue weighted by atomic mass is 10.1. The average Bonchev–Trinajstić information content (AvgIpc) is 3.05. The van der Waals surface area contributed by atoms with Crippen molar-refractivity contribution in [3.8, 4) is 0 Å². The summed E-state index contributed by atoms with van der Waals surface area (Å²) in [7, 11) is 1.62. The molecule has 1 aromatic carbocycles. The van der Waals surface area contributed by atoms with Crippen molar-refractivity contribution in [3.63, 3.8) is 0 Å². The van der Waals surface area contributed by atoms with Gasteiger partial charge in [0.2, 0.25) is 0 Å². The van der Waals surface area contributed by atoms with Gasteiger partial charge in [-0.2, -0.15) is 13.2 Å². The number of hydrogen-bond donors (Lipinski definition) is 2. The van der Waals surface area contributed by atoms with E-state index in [4.69, 9.17) is 0 Å². The molecule has 0 saturated carbocycles. The monoisotopic (exact) mass is 498 g/mol. The Morgan fingerprint density at radius 2 is 2.04 bits per heavy atom. The molecule has 0 aliphatic carbocycles. The zero-order valence-corrected chi connectivity index (χ0v) is 17.7. The maximum Gasteiger partial charge on any atom is 0.416 e. The van der Waals surface area contributed by atoms with Crippen LogP contribution in [0.1, 0.15) is 28.8 Å². The van der Waals surface area contributed by atoms with E-state index in [0.717, 1.165) is 35.7 Å². The number of hydrogen-bond acceptors (Lipinski definition) is 3. The van der Waals surface area contributed by atoms with Crippen molar-refractivity contribution in [1.82, 2.24) is 15.6 Å². The van der Waals surface area contributed by atoms with Gasteiger partial charge in [0.15, 0.2) is 5.96 Å². The van der Waals surface area contributed by atoms with Crippen LogP contribution in [0.15, 0.2) is 34.6 Å². The topological polar surface area (TPSA) is 49.3 Å². The number of nitrogens with one attached hydrogen (secondary N) is 2. The minimum atomic E-state index is -4.33. The number of thiazole rings is 1. The number of guanidine groups is 1. The molecule has 0 atom stereocenters. The number of aryl methyl sites for hydroxylation is 1. The smallest absolute Gasteiger partial charge is 0.356 e. The average molecular weight is 498 g/mol. The molecule has 1 aromatic heterocycles. The van der Waals surface area contributed by atoms with Gasteiger partial charge in [-0.3, -0.25) is 4.99 Å². The molecular formula is C17H22F3IN4S. The normalized spacial score (nSPS) is 11.8. The standard InChI is InChI=1S/C17H21F3N4S.HI/c1-3-15-24-14(11-25-15)7-8-22-16(21-2)23-10-12-5-4-6-13(9-12)17(18,19)20;/h4-6,9,11H,3,7-8,10H2,1-2H3,(H2,21,22,23);1H. The second-order valence-electron chi connectivity index (χ2n) is 5.39. The van der Waals surface area contributed by atoms with E-state index in [-0.39, 0.29) is 30.5 Å². The van der Waals surface area contributed by atoms with Crippen LogP contribution in [-0.4, -0.2) is 24.5 Å². The fourth-order valence-electron chi connectivity index (χ4n) is 2.20. The molecule has 0 unspecified atom stereocenters. The van der Waals surface area contributed by atoms with Gasteiger partial charge in [0.25, 0.3) is 0 Å². The zero-order chi connectivity index (χ0) is 18.3. The van der Waals surface area contributed by atoms with E-state index >= 15 is 0 Å². The summed E-state index contributed by atoms with van der Waals surface area (Å²) in [5.41, 5.74) is 0.928. The van der Waals surface area contributed by atoms with E-state index < -0.39 is 11.7 Å². The molecule has 26 heavy (non-hydrogen) atoms. The maximum atomic E-state index is 12.7. The molecule has 0 aliphatic rings. The summed E-state index contributed by atoms with van der Waals surface area (Å²) in [6, 6.07) is 5.26. The summed E-state index contributed by atoms with van der Waals surface area (Å²) < 4.78 is 38.2. The molecule has 1 heterocycles. The predicted octanol–water partition coefficient (Wildman–Crippen LogP) is 4.25. The number of rotatable bonds is 6. The van der Waals surface area contributed by atoms with Gasteiger partial charge < -0.3 is 10.6 Å². The van der Waals surface area contributed by atoms with Crippen molar-refractivity contribution >= 4 is 41.3 Å². The summed E-state index contributed by atoms with van der Waals surface area (Å²) in [5.74, 6) is 0.545. The lowest BCUT2D eigenvalue weighted by Gasteiger charge is -2.13. The van der Waals surface area contributed by atoms with Crippen LogP contribution in [0.3, 0.4) is 0 Å². The quantitative estimate of drug-likeness (QED) is 0.356. The molecule has 144 valence electrons. The van der Waals surface area contributed by atoms with Crippen LogP contribution < -0.4 is 10.6 Å². The molecule has 0 fully saturated rings. The Morgan fingerprint density at radius 1 is 1.27 bits per heavy atom. The van der Waals surface area contributed by atoms with E-state index in [1.54, 1.807) is 24.5 Å². The van der Waals surface area contributed by atoms with Gasteiger partial charge in [-0.1, -0.05) is 19.1 Å². The molecule has 0 spiro atoms. The Labute approximate surface area is 172 Å². The van der Waals surface area contributed by atoms with E-state index in [1.165, 1.54) is 6.07 Å². The van der Waals surface area contributed by atoms with E-state index in [1.807, 2.05) is 5.38 Å². The van der Waals surface area contributed by atoms with Crippen LogP contribution in [0.25, 0.3) is 0 Å². The highest BCUT2D eigenvalue weighted by Crippen LogP contribution is 2.29. The van der Waals surface area contributed by atoms with Gasteiger partial charge in [0.1, 0.15) is 0 Å². The SMILES string of the molecule is CCc1nc(CCNC(=NC)NCc2cccc(C(F)(F)F)c2)cs1.I. The molecule has 2 N–H and O–H groups in total. The number of aromatic nitrogens is 1. The predicted molar refractivity (Wildman–Crippen MR) is 110 cm³/mol. The molecule has 0 radical (unpaired) electrons. The lowest BCUT2D eigenvalue weighted by Crippen LogP contribution is -2.37. The van der Waals surface area contributed by atoms with Crippen LogP contribution in [-0.2, 0) is 25.6 Å². The van der Waals surface area contributed by atoms with Crippen molar-refractivity contribution in [3.05, 3.63) is 51.5 Å². The summed E-state index contributed by atoms with van der Waals surface area (Å²) >= 11 is 1.65. The van der Waals surface area contributed by atoms with Crippen LogP contribution in [0, 0.1) is 0 Å². The molecule has 0 amide bonds. The summed E-state index contributed by atoms with van der Waals surface area (Å²) in [4.78, 5) is 8.57. The number of nitrogens with zero attached hydrogens (tertiary/aromatic N) is 2. The first-order valence-corrected chi connectivity index (χ1v) is 8.84. The van der Waals surface area contributed by atoms with E-state index in [0.29, 0.717) is 18.1 Å². The fraction of sp³-hybridized carbons (Fsp3) is 0.412. The van der Waals surface area contributed by atoms with Gasteiger partial charge in [0.05, 0.1) is 16.3 Å². The third kappa shape index (κ3) is 7.10. The Hall–Kier alpha value is -1.36. The molecule has 4 nitrogen and oxygen atoms in total. The molecule has 2 rings (SSSR count). The molecule has 2 aromatic rings. The third-order valence-corrected chi connectivity index (χ3v) is 4.56. The Morgan fingerprint density at radius 3 is 2.65 bits per heavy atom. The summed E-state index contributed by atoms with van der Waals surface area (Å²) in [6.07, 6.45) is -2.64. The fourth-order valence-corrected chi connectivity index (χ4v) is 2.98. The van der Waals surface area contributed by atoms with Crippen LogP contribution in [0.5, 0.6) is 0 Å². The molecular weight excluding hydrogens is 476 g/mol. The largest absolute Gasteiger partial charge is 0.416 e. The first-order valence-electron chi connectivity index (χ1n) is 7.96. The van der Waals surface area contributed by atoms with Crippen molar-refractivity contribution in [2.75, 3.05) is 13.6 Å². The molecule has 0 aliphatic heterocycles. The second kappa shape index (κ2) is 10.7. The highest BCUT2D eigenvalue weighted by Gasteiger charge is 2.30. The number of halogens is 4. The first-order chi connectivity index (χ1) is 11.9. The zero-order valence-electron chi connectivity index (χ0n) is 14.6. The van der Waals surface area contributed by atoms with Crippen molar-refractivity contribution in [2.45, 2.75) is 32.5 Å². The van der Waals surface area contributed by atoms with Gasteiger partial charge >= 0.3 is 6.18 Å². The van der Waals surface area contributed by atoms with E-state index in [2.05, 4.69) is 27.5 Å². The minimum Gasteiger partial charge on any atom is -0.356 e. The Balaban J connectivity index is 0.00000338. The highest BCUT2D eigenvalue weighted by molar-refractivity contribution is 14.0. The summed E-state index contributed by atoms with van der Waals surface area (Å²) in [6.45, 7) is 2.98. The van der Waals surface area contributed by atoms with Crippen molar-refractivity contribution in [2.24, 2.45) is 4.99 Å². The second-order valence-corrected chi connectivity index (χ2v) is 6.33. The Bertz CT molecular complexity index is 716. The number of alkyl halides is 3. The minimum absolute atomic E-state index is 0. The van der Waals surface area contributed by atoms with E-state index in [9.17, 15) is 13.2 Å². The van der Waals surface area contributed by atoms with Crippen LogP contribution >= 0.6 is 35.3 Å². The highest BCUT2D eigenvalue weighted by atomic mass is 127. The Kier molecular flexibility index (Phi) is 9.34. The number of benzene rings is 1. The summed E-state index contributed by atoms with van der Waals surface area (Å²) in [5, 5.41) is 9.32. The maximum absolute atomic E-state index is 12.7. The van der Waals surface area contributed by atoms with Gasteiger partial charge in [-0.05, 0) is 24.1 Å². The van der Waals surface area contributed by atoms with Gasteiger partial charge in [0, 0.05) is 31.9 Å². The molecule has 9 heteroatoms. The van der Waals surface area contributed by atoms with Crippen LogP contribution in [0.4, 0.5) is 13.2 Å². The molecule has 0 saturated heterocycles. The van der Waals surface area contributed by atoms with Crippen molar-refractivity contribution in [1.29, 1.82) is 0 Å². The van der Waals surface area contributed by atoms with Gasteiger partial charge in [-0.15, -0.1) is 35.3 Å². The van der Waals surface area contributed by atoms with Crippen molar-refractivity contribution < 1.29 is 13.2 Å².